The van der Waals surface area contributed by atoms with Gasteiger partial charge in [0.15, 0.2) is 0 Å². The minimum Gasteiger partial charge on any atom is -0.361 e. The molecule has 0 radical (unpaired) electrons. The second-order valence-corrected chi connectivity index (χ2v) is 8.43. The molecule has 0 unspecified atom stereocenters. The lowest BCUT2D eigenvalue weighted by Gasteiger charge is -2.42. The van der Waals surface area contributed by atoms with Crippen molar-refractivity contribution in [3.63, 3.8) is 0 Å². The van der Waals surface area contributed by atoms with Gasteiger partial charge in [-0.05, 0) is 72.0 Å². The van der Waals surface area contributed by atoms with E-state index in [-0.39, 0.29) is 5.92 Å². The van der Waals surface area contributed by atoms with Crippen molar-refractivity contribution in [2.45, 2.75) is 71.0 Å². The van der Waals surface area contributed by atoms with Crippen LogP contribution in [-0.2, 0) is 11.3 Å². The van der Waals surface area contributed by atoms with Gasteiger partial charge in [-0.2, -0.15) is 0 Å². The zero-order valence-corrected chi connectivity index (χ0v) is 16.2. The summed E-state index contributed by atoms with van der Waals surface area (Å²) in [4.78, 5) is 17.5. The molecule has 1 amide bonds. The number of amides is 1. The number of hydrogen-bond donors (Lipinski definition) is 1. The first kappa shape index (κ1) is 18.0. The maximum atomic E-state index is 12.4. The summed E-state index contributed by atoms with van der Waals surface area (Å²) in [6.07, 6.45) is 6.94. The third-order valence-corrected chi connectivity index (χ3v) is 6.38. The van der Waals surface area contributed by atoms with Crippen LogP contribution in [0.15, 0.2) is 4.52 Å². The van der Waals surface area contributed by atoms with Crippen LogP contribution in [0, 0.1) is 19.8 Å². The molecule has 0 bridgehead atoms. The van der Waals surface area contributed by atoms with Gasteiger partial charge in [-0.15, -0.1) is 0 Å². The smallest absolute Gasteiger partial charge is 0.224 e. The van der Waals surface area contributed by atoms with Crippen LogP contribution in [0.4, 0.5) is 0 Å². The lowest BCUT2D eigenvalue weighted by molar-refractivity contribution is -0.127. The van der Waals surface area contributed by atoms with E-state index in [2.05, 4.69) is 20.3 Å². The zero-order valence-electron chi connectivity index (χ0n) is 16.2. The van der Waals surface area contributed by atoms with Crippen LogP contribution in [0.3, 0.4) is 0 Å². The number of likely N-dealkylation sites (tertiary alicyclic amines) is 2. The number of carbonyl (C=O) groups is 1. The molecule has 1 aromatic heterocycles. The highest BCUT2D eigenvalue weighted by Crippen LogP contribution is 2.26. The summed E-state index contributed by atoms with van der Waals surface area (Å²) in [7, 11) is 0. The number of carbonyl (C=O) groups excluding carboxylic acids is 1. The zero-order chi connectivity index (χ0) is 18.1. The van der Waals surface area contributed by atoms with Crippen LogP contribution >= 0.6 is 0 Å². The maximum Gasteiger partial charge on any atom is 0.224 e. The van der Waals surface area contributed by atoms with Crippen molar-refractivity contribution in [2.24, 2.45) is 5.92 Å². The topological polar surface area (TPSA) is 61.6 Å². The highest BCUT2D eigenvalue weighted by atomic mass is 16.5. The molecule has 1 aliphatic carbocycles. The van der Waals surface area contributed by atoms with Gasteiger partial charge in [0.2, 0.25) is 5.91 Å². The van der Waals surface area contributed by atoms with E-state index in [0.29, 0.717) is 18.0 Å². The fourth-order valence-corrected chi connectivity index (χ4v) is 4.49. The standard InChI is InChI=1S/C20H32N4O2/c1-14-19(15(2)26-22-14)13-23-10-7-18(8-11-23)24-9-3-4-16(12-24)20(25)21-17-5-6-17/h16-18H,3-13H2,1-2H3,(H,21,25)/t16-/m0/s1. The van der Waals surface area contributed by atoms with E-state index in [9.17, 15) is 4.79 Å². The molecule has 2 saturated heterocycles. The van der Waals surface area contributed by atoms with Gasteiger partial charge in [-0.3, -0.25) is 14.6 Å². The molecule has 0 spiro atoms. The molecule has 144 valence electrons. The van der Waals surface area contributed by atoms with Crippen molar-refractivity contribution in [2.75, 3.05) is 26.2 Å². The van der Waals surface area contributed by atoms with E-state index in [0.717, 1.165) is 57.0 Å². The first-order valence-electron chi connectivity index (χ1n) is 10.3. The van der Waals surface area contributed by atoms with Crippen molar-refractivity contribution in [3.05, 3.63) is 17.0 Å². The molecule has 3 fully saturated rings. The van der Waals surface area contributed by atoms with E-state index in [1.165, 1.54) is 31.2 Å². The van der Waals surface area contributed by atoms with Gasteiger partial charge in [-0.25, -0.2) is 0 Å². The fourth-order valence-electron chi connectivity index (χ4n) is 4.49. The van der Waals surface area contributed by atoms with E-state index < -0.39 is 0 Å². The highest BCUT2D eigenvalue weighted by molar-refractivity contribution is 5.79. The summed E-state index contributed by atoms with van der Waals surface area (Å²) in [6, 6.07) is 1.11. The number of aromatic nitrogens is 1. The summed E-state index contributed by atoms with van der Waals surface area (Å²) in [5.41, 5.74) is 2.27. The Hall–Kier alpha value is -1.40. The third kappa shape index (κ3) is 4.12. The van der Waals surface area contributed by atoms with Gasteiger partial charge < -0.3 is 9.84 Å². The lowest BCUT2D eigenvalue weighted by Crippen LogP contribution is -2.50. The van der Waals surface area contributed by atoms with Crippen LogP contribution in [0.25, 0.3) is 0 Å². The number of rotatable bonds is 5. The lowest BCUT2D eigenvalue weighted by atomic mass is 9.93. The molecule has 3 aliphatic rings. The van der Waals surface area contributed by atoms with E-state index >= 15 is 0 Å². The summed E-state index contributed by atoms with van der Waals surface area (Å²) in [5.74, 6) is 1.45. The summed E-state index contributed by atoms with van der Waals surface area (Å²) >= 11 is 0. The summed E-state index contributed by atoms with van der Waals surface area (Å²) < 4.78 is 5.30. The van der Waals surface area contributed by atoms with Crippen LogP contribution in [0.1, 0.15) is 55.5 Å². The quantitative estimate of drug-likeness (QED) is 0.873. The first-order valence-corrected chi connectivity index (χ1v) is 10.3. The van der Waals surface area contributed by atoms with Gasteiger partial charge in [-0.1, -0.05) is 5.16 Å². The van der Waals surface area contributed by atoms with Crippen LogP contribution in [-0.4, -0.2) is 59.1 Å². The molecule has 0 aromatic carbocycles. The molecule has 1 N–H and O–H groups in total. The van der Waals surface area contributed by atoms with Crippen molar-refractivity contribution in [1.82, 2.24) is 20.3 Å². The molecule has 6 nitrogen and oxygen atoms in total. The summed E-state index contributed by atoms with van der Waals surface area (Å²) in [5, 5.41) is 7.27. The Morgan fingerprint density at radius 3 is 2.58 bits per heavy atom. The second kappa shape index (κ2) is 7.69. The average Bonchev–Trinajstić information content (AvgIpc) is 3.43. The van der Waals surface area contributed by atoms with Gasteiger partial charge in [0.25, 0.3) is 0 Å². The van der Waals surface area contributed by atoms with E-state index in [1.54, 1.807) is 0 Å². The third-order valence-electron chi connectivity index (χ3n) is 6.38. The molecular weight excluding hydrogens is 328 g/mol. The predicted octanol–water partition coefficient (Wildman–Crippen LogP) is 2.25. The Balaban J connectivity index is 1.26. The molecule has 1 atom stereocenters. The van der Waals surface area contributed by atoms with Crippen LogP contribution < -0.4 is 5.32 Å². The van der Waals surface area contributed by atoms with Crippen LogP contribution in [0.5, 0.6) is 0 Å². The number of piperidine rings is 2. The predicted molar refractivity (Wildman–Crippen MR) is 99.7 cm³/mol. The average molecular weight is 361 g/mol. The molecule has 3 heterocycles. The Labute approximate surface area is 156 Å². The Morgan fingerprint density at radius 1 is 1.15 bits per heavy atom. The number of nitrogens with zero attached hydrogens (tertiary/aromatic N) is 3. The first-order chi connectivity index (χ1) is 12.6. The molecule has 2 aliphatic heterocycles. The summed E-state index contributed by atoms with van der Waals surface area (Å²) in [6.45, 7) is 9.31. The molecule has 26 heavy (non-hydrogen) atoms. The number of aryl methyl sites for hydroxylation is 2. The molecular formula is C20H32N4O2. The normalized spacial score (nSPS) is 26.2. The monoisotopic (exact) mass is 360 g/mol. The highest BCUT2D eigenvalue weighted by Gasteiger charge is 2.33. The maximum absolute atomic E-state index is 12.4. The molecule has 4 rings (SSSR count). The molecule has 1 aromatic rings. The van der Waals surface area contributed by atoms with Gasteiger partial charge >= 0.3 is 0 Å². The molecule has 1 saturated carbocycles. The van der Waals surface area contributed by atoms with Gasteiger partial charge in [0.1, 0.15) is 5.76 Å². The van der Waals surface area contributed by atoms with Crippen molar-refractivity contribution in [1.29, 1.82) is 0 Å². The van der Waals surface area contributed by atoms with Crippen molar-refractivity contribution < 1.29 is 9.32 Å². The van der Waals surface area contributed by atoms with Crippen LogP contribution in [0.2, 0.25) is 0 Å². The Bertz CT molecular complexity index is 612. The van der Waals surface area contributed by atoms with Crippen molar-refractivity contribution >= 4 is 5.91 Å². The minimum atomic E-state index is 0.199. The Morgan fingerprint density at radius 2 is 1.92 bits per heavy atom. The van der Waals surface area contributed by atoms with E-state index in [4.69, 9.17) is 4.52 Å². The number of nitrogens with one attached hydrogen (secondary N) is 1. The van der Waals surface area contributed by atoms with E-state index in [1.807, 2.05) is 13.8 Å². The largest absolute Gasteiger partial charge is 0.361 e. The van der Waals surface area contributed by atoms with Crippen molar-refractivity contribution in [3.8, 4) is 0 Å². The SMILES string of the molecule is Cc1noc(C)c1CN1CCC(N2CCC[C@H](C(=O)NC3CC3)C2)CC1. The minimum absolute atomic E-state index is 0.199. The second-order valence-electron chi connectivity index (χ2n) is 8.43. The number of hydrogen-bond acceptors (Lipinski definition) is 5. The Kier molecular flexibility index (Phi) is 5.32. The molecule has 6 heteroatoms. The van der Waals surface area contributed by atoms with Gasteiger partial charge in [0, 0.05) is 30.7 Å². The van der Waals surface area contributed by atoms with Gasteiger partial charge in [0.05, 0.1) is 11.6 Å². The fraction of sp³-hybridized carbons (Fsp3) is 0.800.